The normalized spacial score (nSPS) is 30.4. The molecule has 2 N–H and O–H groups in total. The Labute approximate surface area is 185 Å². The predicted molar refractivity (Wildman–Crippen MR) is 117 cm³/mol. The van der Waals surface area contributed by atoms with Crippen molar-refractivity contribution in [2.75, 3.05) is 6.54 Å². The molecule has 1 saturated heterocycles. The summed E-state index contributed by atoms with van der Waals surface area (Å²) < 4.78 is 26.7. The van der Waals surface area contributed by atoms with Gasteiger partial charge in [0, 0.05) is 18.9 Å². The van der Waals surface area contributed by atoms with Gasteiger partial charge >= 0.3 is 0 Å². The van der Waals surface area contributed by atoms with E-state index in [-0.39, 0.29) is 17.7 Å². The molecule has 3 rings (SSSR count). The summed E-state index contributed by atoms with van der Waals surface area (Å²) in [6.07, 6.45) is 12.6. The molecule has 0 radical (unpaired) electrons. The molecule has 8 nitrogen and oxygen atoms in total. The van der Waals surface area contributed by atoms with Gasteiger partial charge in [-0.2, -0.15) is 0 Å². The first-order valence-corrected chi connectivity index (χ1v) is 13.2. The van der Waals surface area contributed by atoms with E-state index in [2.05, 4.69) is 10.0 Å². The zero-order valence-electron chi connectivity index (χ0n) is 18.3. The van der Waals surface area contributed by atoms with Gasteiger partial charge in [-0.1, -0.05) is 38.3 Å². The van der Waals surface area contributed by atoms with Gasteiger partial charge in [-0.25, -0.2) is 8.42 Å². The summed E-state index contributed by atoms with van der Waals surface area (Å²) >= 11 is 0. The third-order valence-corrected chi connectivity index (χ3v) is 8.22. The van der Waals surface area contributed by atoms with Crippen LogP contribution in [0, 0.1) is 5.92 Å². The van der Waals surface area contributed by atoms with Crippen LogP contribution in [0.25, 0.3) is 0 Å². The number of carbonyl (C=O) groups excluding carboxylic acids is 3. The molecule has 0 aromatic heterocycles. The summed E-state index contributed by atoms with van der Waals surface area (Å²) in [6.45, 7) is 2.34. The van der Waals surface area contributed by atoms with Crippen LogP contribution in [0.5, 0.6) is 0 Å². The second kappa shape index (κ2) is 10.6. The Balaban J connectivity index is 1.78. The smallest absolute Gasteiger partial charge is 0.256 e. The molecule has 174 valence electrons. The minimum absolute atomic E-state index is 0.0185. The molecule has 1 unspecified atom stereocenters. The topological polar surface area (TPSA) is 113 Å². The Morgan fingerprint density at radius 3 is 2.52 bits per heavy atom. The Morgan fingerprint density at radius 2 is 1.77 bits per heavy atom. The molecule has 2 aliphatic heterocycles. The largest absolute Gasteiger partial charge is 0.342 e. The van der Waals surface area contributed by atoms with Crippen molar-refractivity contribution < 1.29 is 22.8 Å². The summed E-state index contributed by atoms with van der Waals surface area (Å²) in [7, 11) is -3.71. The molecule has 31 heavy (non-hydrogen) atoms. The van der Waals surface area contributed by atoms with Gasteiger partial charge in [0.05, 0.1) is 5.25 Å². The molecule has 0 bridgehead atoms. The number of hydrogen-bond donors (Lipinski definition) is 2. The molecular formula is C22H35N3O5S. The number of sulfonamides is 1. The average molecular weight is 454 g/mol. The van der Waals surface area contributed by atoms with Gasteiger partial charge in [-0.3, -0.25) is 19.1 Å². The van der Waals surface area contributed by atoms with Gasteiger partial charge in [0.1, 0.15) is 12.1 Å². The molecule has 0 spiro atoms. The van der Waals surface area contributed by atoms with Crippen molar-refractivity contribution in [3.63, 3.8) is 0 Å². The lowest BCUT2D eigenvalue weighted by molar-refractivity contribution is -0.139. The van der Waals surface area contributed by atoms with Crippen LogP contribution in [0.4, 0.5) is 0 Å². The van der Waals surface area contributed by atoms with Crippen LogP contribution in [-0.4, -0.2) is 54.9 Å². The molecule has 3 amide bonds. The Bertz CT molecular complexity index is 806. The third-order valence-electron chi connectivity index (χ3n) is 6.39. The minimum atomic E-state index is -3.71. The SMILES string of the molecule is C[C@H]1/C=C\CCCCCCCC(=O)N2CCC[C@H]2C(=O)NC1C(=O)NS(=O)(=O)C1CC1. The van der Waals surface area contributed by atoms with E-state index in [0.717, 1.165) is 44.9 Å². The van der Waals surface area contributed by atoms with E-state index in [1.54, 1.807) is 11.8 Å². The second-order valence-electron chi connectivity index (χ2n) is 9.04. The maximum Gasteiger partial charge on any atom is 0.256 e. The molecule has 0 aromatic carbocycles. The molecule has 9 heteroatoms. The highest BCUT2D eigenvalue weighted by Crippen LogP contribution is 2.27. The van der Waals surface area contributed by atoms with E-state index in [4.69, 9.17) is 0 Å². The zero-order valence-corrected chi connectivity index (χ0v) is 19.2. The van der Waals surface area contributed by atoms with E-state index in [0.29, 0.717) is 32.2 Å². The number of amides is 3. The fourth-order valence-electron chi connectivity index (χ4n) is 4.32. The van der Waals surface area contributed by atoms with Crippen molar-refractivity contribution in [1.29, 1.82) is 0 Å². The van der Waals surface area contributed by atoms with E-state index >= 15 is 0 Å². The highest BCUT2D eigenvalue weighted by Gasteiger charge is 2.40. The van der Waals surface area contributed by atoms with Gasteiger partial charge in [0.15, 0.2) is 0 Å². The maximum absolute atomic E-state index is 13.0. The van der Waals surface area contributed by atoms with Crippen LogP contribution in [0.2, 0.25) is 0 Å². The molecule has 2 fully saturated rings. The fraction of sp³-hybridized carbons (Fsp3) is 0.773. The standard InChI is InChI=1S/C22H35N3O5S/c1-16-10-7-5-3-2-4-6-8-12-19(26)25-15-9-11-18(25)21(27)23-20(16)22(28)24-31(29,30)17-13-14-17/h7,10,16-18,20H,2-6,8-9,11-15H2,1H3,(H,23,27)(H,24,28)/b10-7-/t16-,18-,20?/m0/s1. The quantitative estimate of drug-likeness (QED) is 0.635. The van der Waals surface area contributed by atoms with Crippen LogP contribution in [0.3, 0.4) is 0 Å². The summed E-state index contributed by atoms with van der Waals surface area (Å²) in [6, 6.07) is -1.62. The maximum atomic E-state index is 13.0. The van der Waals surface area contributed by atoms with Crippen LogP contribution < -0.4 is 10.0 Å². The first-order valence-electron chi connectivity index (χ1n) is 11.6. The van der Waals surface area contributed by atoms with Gasteiger partial charge in [-0.15, -0.1) is 0 Å². The monoisotopic (exact) mass is 453 g/mol. The van der Waals surface area contributed by atoms with Crippen molar-refractivity contribution >= 4 is 27.7 Å². The minimum Gasteiger partial charge on any atom is -0.342 e. The number of fused-ring (bicyclic) bond motifs is 1. The lowest BCUT2D eigenvalue weighted by atomic mass is 9.99. The number of nitrogens with one attached hydrogen (secondary N) is 2. The summed E-state index contributed by atoms with van der Waals surface area (Å²) in [5.74, 6) is -1.50. The Hall–Kier alpha value is -1.90. The van der Waals surface area contributed by atoms with Crippen molar-refractivity contribution in [3.05, 3.63) is 12.2 Å². The van der Waals surface area contributed by atoms with E-state index in [1.165, 1.54) is 0 Å². The average Bonchev–Trinajstić information content (AvgIpc) is 3.47. The van der Waals surface area contributed by atoms with Gasteiger partial charge in [0.25, 0.3) is 5.91 Å². The van der Waals surface area contributed by atoms with E-state index in [1.807, 2.05) is 12.2 Å². The number of nitrogens with zero attached hydrogens (tertiary/aromatic N) is 1. The predicted octanol–water partition coefficient (Wildman–Crippen LogP) is 2.01. The number of carbonyl (C=O) groups is 3. The Kier molecular flexibility index (Phi) is 8.13. The van der Waals surface area contributed by atoms with Crippen molar-refractivity contribution in [2.24, 2.45) is 5.92 Å². The summed E-state index contributed by atoms with van der Waals surface area (Å²) in [4.78, 5) is 40.2. The van der Waals surface area contributed by atoms with Gasteiger partial charge in [0.2, 0.25) is 21.8 Å². The third kappa shape index (κ3) is 6.54. The summed E-state index contributed by atoms with van der Waals surface area (Å²) in [5, 5.41) is 2.24. The van der Waals surface area contributed by atoms with Crippen molar-refractivity contribution in [1.82, 2.24) is 14.9 Å². The molecular weight excluding hydrogens is 418 g/mol. The van der Waals surface area contributed by atoms with E-state index in [9.17, 15) is 22.8 Å². The lowest BCUT2D eigenvalue weighted by Crippen LogP contribution is -2.56. The highest BCUT2D eigenvalue weighted by molar-refractivity contribution is 7.90. The van der Waals surface area contributed by atoms with E-state index < -0.39 is 33.3 Å². The van der Waals surface area contributed by atoms with Crippen molar-refractivity contribution in [2.45, 2.75) is 94.9 Å². The van der Waals surface area contributed by atoms with Crippen LogP contribution >= 0.6 is 0 Å². The molecule has 0 aromatic rings. The first-order chi connectivity index (χ1) is 14.8. The number of allylic oxidation sites excluding steroid dienone is 1. The molecule has 2 heterocycles. The highest BCUT2D eigenvalue weighted by atomic mass is 32.2. The molecule has 1 aliphatic carbocycles. The van der Waals surface area contributed by atoms with Crippen molar-refractivity contribution in [3.8, 4) is 0 Å². The fourth-order valence-corrected chi connectivity index (χ4v) is 5.65. The van der Waals surface area contributed by atoms with Gasteiger partial charge in [-0.05, 0) is 44.9 Å². The second-order valence-corrected chi connectivity index (χ2v) is 11.0. The van der Waals surface area contributed by atoms with Crippen LogP contribution in [-0.2, 0) is 24.4 Å². The molecule has 3 atom stereocenters. The lowest BCUT2D eigenvalue weighted by Gasteiger charge is -2.28. The zero-order chi connectivity index (χ0) is 22.4. The Morgan fingerprint density at radius 1 is 1.06 bits per heavy atom. The number of hydrogen-bond acceptors (Lipinski definition) is 5. The van der Waals surface area contributed by atoms with Gasteiger partial charge < -0.3 is 10.2 Å². The first kappa shape index (κ1) is 23.8. The molecule has 3 aliphatic rings. The summed E-state index contributed by atoms with van der Waals surface area (Å²) in [5.41, 5.74) is 0. The van der Waals surface area contributed by atoms with Crippen LogP contribution in [0.15, 0.2) is 12.2 Å². The molecule has 1 saturated carbocycles. The van der Waals surface area contributed by atoms with Crippen LogP contribution in [0.1, 0.15) is 77.6 Å². The number of rotatable bonds is 3.